The van der Waals surface area contributed by atoms with Crippen molar-refractivity contribution in [1.29, 1.82) is 0 Å². The molecule has 212 valence electrons. The fraction of sp³-hybridized carbons (Fsp3) is 0.964. The Hall–Kier alpha value is -0.810. The van der Waals surface area contributed by atoms with E-state index in [-0.39, 0.29) is 17.6 Å². The number of nitrogens with zero attached hydrogens (tertiary/aromatic N) is 1. The number of amides is 1. The summed E-state index contributed by atoms with van der Waals surface area (Å²) in [6.07, 6.45) is 15.6. The first-order valence-corrected chi connectivity index (χ1v) is 15.5. The Morgan fingerprint density at radius 3 is 2.62 bits per heavy atom. The van der Waals surface area contributed by atoms with Crippen LogP contribution in [0.25, 0.3) is 0 Å². The van der Waals surface area contributed by atoms with Gasteiger partial charge in [0, 0.05) is 56.5 Å². The van der Waals surface area contributed by atoms with Crippen molar-refractivity contribution >= 4 is 5.91 Å². The standard InChI is InChI=1S/C28H53N7O2/c1-2-15-35-25(33-34-26(35)24-11-14-29-20-31-24)19-30-23-10-6-7-21(18-23)27(36)32-28(12-16-37-17-13-28)22-8-4-3-5-9-22/h21-26,29-31,33-34H,2-20H2,1H3,(H,32,36). The number of hydrogen-bond acceptors (Lipinski definition) is 8. The zero-order valence-electron chi connectivity index (χ0n) is 23.2. The van der Waals surface area contributed by atoms with Crippen LogP contribution in [0.5, 0.6) is 0 Å². The highest BCUT2D eigenvalue weighted by Gasteiger charge is 2.43. The maximum Gasteiger partial charge on any atom is 0.223 e. The molecule has 0 spiro atoms. The molecule has 9 heteroatoms. The van der Waals surface area contributed by atoms with Crippen molar-refractivity contribution in [2.45, 2.75) is 120 Å². The van der Waals surface area contributed by atoms with E-state index in [1.54, 1.807) is 0 Å². The summed E-state index contributed by atoms with van der Waals surface area (Å²) in [7, 11) is 0. The van der Waals surface area contributed by atoms with Gasteiger partial charge in [-0.2, -0.15) is 0 Å². The second kappa shape index (κ2) is 13.5. The van der Waals surface area contributed by atoms with Crippen molar-refractivity contribution in [1.82, 2.24) is 37.0 Å². The quantitative estimate of drug-likeness (QED) is 0.274. The van der Waals surface area contributed by atoms with Gasteiger partial charge in [-0.05, 0) is 70.3 Å². The van der Waals surface area contributed by atoms with E-state index in [9.17, 15) is 4.79 Å². The van der Waals surface area contributed by atoms with Crippen molar-refractivity contribution in [2.75, 3.05) is 39.5 Å². The van der Waals surface area contributed by atoms with Gasteiger partial charge in [0.25, 0.3) is 0 Å². The van der Waals surface area contributed by atoms with Crippen LogP contribution in [-0.2, 0) is 9.53 Å². The molecule has 9 nitrogen and oxygen atoms in total. The molecule has 5 atom stereocenters. The molecule has 3 saturated heterocycles. The molecule has 0 aromatic carbocycles. The molecular formula is C28H53N7O2. The average Bonchev–Trinajstić information content (AvgIpc) is 3.36. The lowest BCUT2D eigenvalue weighted by Gasteiger charge is -2.46. The lowest BCUT2D eigenvalue weighted by atomic mass is 9.70. The molecule has 5 unspecified atom stereocenters. The summed E-state index contributed by atoms with van der Waals surface area (Å²) in [6, 6.07) is 0.862. The van der Waals surface area contributed by atoms with Crippen LogP contribution in [0.15, 0.2) is 0 Å². The molecule has 0 aromatic heterocycles. The monoisotopic (exact) mass is 519 g/mol. The summed E-state index contributed by atoms with van der Waals surface area (Å²) in [5.74, 6) is 1.06. The van der Waals surface area contributed by atoms with E-state index >= 15 is 0 Å². The molecule has 2 saturated carbocycles. The Kier molecular flexibility index (Phi) is 10.1. The summed E-state index contributed by atoms with van der Waals surface area (Å²) in [6.45, 7) is 7.76. The molecule has 0 radical (unpaired) electrons. The summed E-state index contributed by atoms with van der Waals surface area (Å²) in [5, 5.41) is 14.5. The first kappa shape index (κ1) is 27.7. The van der Waals surface area contributed by atoms with Gasteiger partial charge in [0.15, 0.2) is 0 Å². The molecule has 2 aliphatic carbocycles. The van der Waals surface area contributed by atoms with E-state index < -0.39 is 0 Å². The van der Waals surface area contributed by atoms with Gasteiger partial charge in [0.2, 0.25) is 5.91 Å². The number of nitrogens with one attached hydrogen (secondary N) is 6. The molecule has 3 heterocycles. The maximum absolute atomic E-state index is 13.7. The van der Waals surface area contributed by atoms with Gasteiger partial charge >= 0.3 is 0 Å². The number of hydrogen-bond donors (Lipinski definition) is 6. The summed E-state index contributed by atoms with van der Waals surface area (Å²) >= 11 is 0. The van der Waals surface area contributed by atoms with Crippen LogP contribution in [0.4, 0.5) is 0 Å². The highest BCUT2D eigenvalue weighted by Crippen LogP contribution is 2.39. The van der Waals surface area contributed by atoms with Crippen LogP contribution in [0.1, 0.15) is 90.4 Å². The highest BCUT2D eigenvalue weighted by atomic mass is 16.5. The van der Waals surface area contributed by atoms with Crippen LogP contribution in [0.3, 0.4) is 0 Å². The lowest BCUT2D eigenvalue weighted by molar-refractivity contribution is -0.131. The van der Waals surface area contributed by atoms with Gasteiger partial charge in [0.1, 0.15) is 0 Å². The Labute approximate surface area is 224 Å². The fourth-order valence-electron chi connectivity index (χ4n) is 7.78. The van der Waals surface area contributed by atoms with Crippen LogP contribution in [-0.4, -0.2) is 80.3 Å². The second-order valence-electron chi connectivity index (χ2n) is 12.3. The Balaban J connectivity index is 1.14. The van der Waals surface area contributed by atoms with E-state index in [4.69, 9.17) is 4.74 Å². The molecule has 0 aromatic rings. The molecule has 37 heavy (non-hydrogen) atoms. The van der Waals surface area contributed by atoms with Gasteiger partial charge < -0.3 is 20.7 Å². The largest absolute Gasteiger partial charge is 0.381 e. The highest BCUT2D eigenvalue weighted by molar-refractivity contribution is 5.79. The van der Waals surface area contributed by atoms with Crippen molar-refractivity contribution < 1.29 is 9.53 Å². The number of carbonyl (C=O) groups excluding carboxylic acids is 1. The summed E-state index contributed by atoms with van der Waals surface area (Å²) < 4.78 is 5.73. The van der Waals surface area contributed by atoms with Gasteiger partial charge in [-0.15, -0.1) is 0 Å². The molecule has 0 bridgehead atoms. The van der Waals surface area contributed by atoms with Crippen molar-refractivity contribution in [3.8, 4) is 0 Å². The van der Waals surface area contributed by atoms with Crippen molar-refractivity contribution in [3.63, 3.8) is 0 Å². The number of hydrazine groups is 1. The normalized spacial score (nSPS) is 35.9. The smallest absolute Gasteiger partial charge is 0.223 e. The zero-order chi connectivity index (χ0) is 25.5. The maximum atomic E-state index is 13.7. The van der Waals surface area contributed by atoms with Crippen LogP contribution in [0, 0.1) is 11.8 Å². The van der Waals surface area contributed by atoms with Gasteiger partial charge in [0.05, 0.1) is 12.3 Å². The van der Waals surface area contributed by atoms with Gasteiger partial charge in [-0.25, -0.2) is 10.9 Å². The third kappa shape index (κ3) is 6.86. The van der Waals surface area contributed by atoms with Crippen LogP contribution < -0.4 is 32.1 Å². The summed E-state index contributed by atoms with van der Waals surface area (Å²) in [4.78, 5) is 16.2. The summed E-state index contributed by atoms with van der Waals surface area (Å²) in [5.41, 5.74) is 7.11. The second-order valence-corrected chi connectivity index (χ2v) is 12.3. The molecule has 5 fully saturated rings. The molecule has 5 rings (SSSR count). The van der Waals surface area contributed by atoms with Gasteiger partial charge in [-0.1, -0.05) is 32.6 Å². The Morgan fingerprint density at radius 1 is 1.03 bits per heavy atom. The number of ether oxygens (including phenoxy) is 1. The lowest BCUT2D eigenvalue weighted by Crippen LogP contribution is -2.59. The Bertz CT molecular complexity index is 707. The van der Waals surface area contributed by atoms with E-state index in [0.29, 0.717) is 30.1 Å². The van der Waals surface area contributed by atoms with E-state index in [1.807, 2.05) is 0 Å². The molecule has 5 aliphatic rings. The molecule has 3 aliphatic heterocycles. The SMILES string of the molecule is CCCN1C(CNC2CCCC(C(=O)NC3(C4CCCCC4)CCOCC3)C2)NNC1C1CCNCN1. The van der Waals surface area contributed by atoms with E-state index in [1.165, 1.54) is 38.5 Å². The Morgan fingerprint density at radius 2 is 1.86 bits per heavy atom. The minimum atomic E-state index is -0.0338. The average molecular weight is 520 g/mol. The van der Waals surface area contributed by atoms with Gasteiger partial charge in [-0.3, -0.25) is 15.0 Å². The van der Waals surface area contributed by atoms with Crippen molar-refractivity contribution in [3.05, 3.63) is 0 Å². The van der Waals surface area contributed by atoms with Crippen molar-refractivity contribution in [2.24, 2.45) is 11.8 Å². The third-order valence-corrected chi connectivity index (χ3v) is 9.93. The first-order valence-electron chi connectivity index (χ1n) is 15.5. The first-order chi connectivity index (χ1) is 18.2. The van der Waals surface area contributed by atoms with E-state index in [2.05, 4.69) is 43.9 Å². The van der Waals surface area contributed by atoms with E-state index in [0.717, 1.165) is 84.5 Å². The molecule has 6 N–H and O–H groups in total. The molecular weight excluding hydrogens is 466 g/mol. The predicted octanol–water partition coefficient (Wildman–Crippen LogP) is 1.76. The fourth-order valence-corrected chi connectivity index (χ4v) is 7.78. The van der Waals surface area contributed by atoms with Crippen LogP contribution >= 0.6 is 0 Å². The minimum Gasteiger partial charge on any atom is -0.381 e. The number of carbonyl (C=O) groups is 1. The zero-order valence-corrected chi connectivity index (χ0v) is 23.2. The topological polar surface area (TPSA) is 102 Å². The predicted molar refractivity (Wildman–Crippen MR) is 147 cm³/mol. The number of rotatable bonds is 9. The van der Waals surface area contributed by atoms with Crippen LogP contribution in [0.2, 0.25) is 0 Å². The third-order valence-electron chi connectivity index (χ3n) is 9.93. The molecule has 1 amide bonds. The minimum absolute atomic E-state index is 0.0338.